The molecule has 3 aromatic rings. The van der Waals surface area contributed by atoms with Crippen molar-refractivity contribution in [3.63, 3.8) is 0 Å². The summed E-state index contributed by atoms with van der Waals surface area (Å²) >= 11 is 0. The summed E-state index contributed by atoms with van der Waals surface area (Å²) in [5, 5.41) is 0. The van der Waals surface area contributed by atoms with Gasteiger partial charge in [0.15, 0.2) is 5.78 Å². The summed E-state index contributed by atoms with van der Waals surface area (Å²) in [6, 6.07) is 25.1. The van der Waals surface area contributed by atoms with Gasteiger partial charge in [-0.1, -0.05) is 60.7 Å². The van der Waals surface area contributed by atoms with Crippen LogP contribution in [0, 0.1) is 0 Å². The van der Waals surface area contributed by atoms with E-state index < -0.39 is 0 Å². The molecule has 0 saturated heterocycles. The number of hydrogen-bond donors (Lipinski definition) is 0. The van der Waals surface area contributed by atoms with Gasteiger partial charge in [0, 0.05) is 48.0 Å². The van der Waals surface area contributed by atoms with Crippen molar-refractivity contribution in [1.82, 2.24) is 0 Å². The Kier molecular flexibility index (Phi) is 3.88. The molecule has 3 nitrogen and oxygen atoms in total. The molecule has 1 aliphatic carbocycles. The van der Waals surface area contributed by atoms with Gasteiger partial charge in [0.1, 0.15) is 0 Å². The Hall–Kier alpha value is -3.59. The smallest absolute Gasteiger partial charge is 0.197 e. The van der Waals surface area contributed by atoms with Crippen molar-refractivity contribution in [2.24, 2.45) is 0 Å². The number of allylic oxidation sites excluding steroid dienone is 2. The lowest BCUT2D eigenvalue weighted by Crippen LogP contribution is -2.15. The molecule has 0 atom stereocenters. The molecule has 0 aromatic heterocycles. The van der Waals surface area contributed by atoms with Crippen LogP contribution < -0.4 is 9.80 Å². The molecule has 0 saturated carbocycles. The van der Waals surface area contributed by atoms with E-state index in [1.54, 1.807) is 0 Å². The van der Waals surface area contributed by atoms with E-state index in [4.69, 9.17) is 0 Å². The molecule has 0 spiro atoms. The molecule has 0 radical (unpaired) electrons. The van der Waals surface area contributed by atoms with Crippen LogP contribution in [-0.2, 0) is 17.6 Å². The molecule has 0 fully saturated rings. The second-order valence-electron chi connectivity index (χ2n) is 8.10. The Morgan fingerprint density at radius 3 is 1.53 bits per heavy atom. The zero-order valence-corrected chi connectivity index (χ0v) is 16.7. The van der Waals surface area contributed by atoms with E-state index in [1.165, 1.54) is 22.5 Å². The first kappa shape index (κ1) is 17.3. The molecule has 0 amide bonds. The van der Waals surface area contributed by atoms with Crippen LogP contribution in [0.4, 0.5) is 11.4 Å². The lowest BCUT2D eigenvalue weighted by atomic mass is 10.1. The number of carbonyl (C=O) groups excluding carboxylic acids is 1. The second kappa shape index (κ2) is 6.74. The second-order valence-corrected chi connectivity index (χ2v) is 8.10. The van der Waals surface area contributed by atoms with E-state index in [2.05, 4.69) is 82.9 Å². The third kappa shape index (κ3) is 2.62. The average Bonchev–Trinajstić information content (AvgIpc) is 3.46. The number of ketones is 1. The van der Waals surface area contributed by atoms with E-state index in [0.29, 0.717) is 0 Å². The van der Waals surface area contributed by atoms with Crippen LogP contribution >= 0.6 is 0 Å². The van der Waals surface area contributed by atoms with Gasteiger partial charge in [-0.3, -0.25) is 4.79 Å². The summed E-state index contributed by atoms with van der Waals surface area (Å²) in [7, 11) is 0. The number of benzene rings is 3. The molecule has 6 rings (SSSR count). The van der Waals surface area contributed by atoms with Crippen LogP contribution in [0.2, 0.25) is 0 Å². The third-order valence-electron chi connectivity index (χ3n) is 6.41. The van der Waals surface area contributed by atoms with Gasteiger partial charge in [-0.05, 0) is 47.2 Å². The van der Waals surface area contributed by atoms with Gasteiger partial charge in [-0.15, -0.1) is 0 Å². The molecule has 2 heterocycles. The van der Waals surface area contributed by atoms with Crippen LogP contribution in [-0.4, -0.2) is 18.9 Å². The van der Waals surface area contributed by atoms with Crippen molar-refractivity contribution < 1.29 is 4.79 Å². The van der Waals surface area contributed by atoms with Gasteiger partial charge < -0.3 is 9.80 Å². The molecule has 0 unspecified atom stereocenters. The minimum Gasteiger partial charge on any atom is -0.347 e. The molecule has 30 heavy (non-hydrogen) atoms. The lowest BCUT2D eigenvalue weighted by molar-refractivity contribution is -0.108. The quantitative estimate of drug-likeness (QED) is 0.571. The molecule has 0 N–H and O–H groups in total. The van der Waals surface area contributed by atoms with Gasteiger partial charge >= 0.3 is 0 Å². The van der Waals surface area contributed by atoms with Crippen LogP contribution in [0.15, 0.2) is 85.2 Å². The fourth-order valence-electron chi connectivity index (χ4n) is 4.91. The Balaban J connectivity index is 1.42. The summed E-state index contributed by atoms with van der Waals surface area (Å²) in [6.45, 7) is 1.83. The highest BCUT2D eigenvalue weighted by molar-refractivity contribution is 6.47. The number of anilines is 2. The largest absolute Gasteiger partial charge is 0.347 e. The lowest BCUT2D eigenvalue weighted by Gasteiger charge is -2.16. The predicted octanol–water partition coefficient (Wildman–Crippen LogP) is 5.08. The van der Waals surface area contributed by atoms with E-state index in [1.807, 2.05) is 12.1 Å². The maximum absolute atomic E-state index is 13.6. The number of hydrogen-bond acceptors (Lipinski definition) is 3. The molecule has 3 aliphatic rings. The molecule has 146 valence electrons. The van der Waals surface area contributed by atoms with Crippen molar-refractivity contribution in [3.8, 4) is 0 Å². The maximum Gasteiger partial charge on any atom is 0.197 e. The molecule has 3 heteroatoms. The van der Waals surface area contributed by atoms with E-state index in [-0.39, 0.29) is 5.78 Å². The van der Waals surface area contributed by atoms with Gasteiger partial charge in [0.05, 0.1) is 0 Å². The number of Topliss-reactive ketones (excluding diaryl/α,β-unsaturated/α-hetero) is 1. The van der Waals surface area contributed by atoms with Crippen LogP contribution in [0.25, 0.3) is 11.1 Å². The fraction of sp³-hybridized carbons (Fsp3) is 0.148. The first-order valence-corrected chi connectivity index (χ1v) is 10.6. The van der Waals surface area contributed by atoms with E-state index in [0.717, 1.165) is 48.2 Å². The highest BCUT2D eigenvalue weighted by Crippen LogP contribution is 2.40. The van der Waals surface area contributed by atoms with Crippen LogP contribution in [0.1, 0.15) is 22.3 Å². The van der Waals surface area contributed by atoms with Gasteiger partial charge in [0.2, 0.25) is 0 Å². The number of nitrogens with zero attached hydrogens (tertiary/aromatic N) is 2. The number of fused-ring (bicyclic) bond motifs is 3. The van der Waals surface area contributed by atoms with Crippen molar-refractivity contribution >= 4 is 28.3 Å². The van der Waals surface area contributed by atoms with Crippen molar-refractivity contribution in [2.45, 2.75) is 12.8 Å². The molecule has 3 aromatic carbocycles. The fourth-order valence-corrected chi connectivity index (χ4v) is 4.91. The first-order chi connectivity index (χ1) is 14.8. The SMILES string of the molecule is O=C1/C(=C/N2CCc3ccccc32)c2ccccc2/C1=C\N1CCc2ccccc21. The summed E-state index contributed by atoms with van der Waals surface area (Å²) in [5.74, 6) is 0.116. The number of rotatable bonds is 2. The minimum absolute atomic E-state index is 0.116. The normalized spacial score (nSPS) is 19.5. The standard InChI is InChI=1S/C27H22N2O/c30-27-23(17-28-15-13-19-7-1-5-11-25(19)28)21-9-3-4-10-22(21)24(27)18-29-16-14-20-8-2-6-12-26(20)29/h1-12,17-18H,13-16H2/b23-17+,24-18+. The Morgan fingerprint density at radius 1 is 0.600 bits per heavy atom. The highest BCUT2D eigenvalue weighted by Gasteiger charge is 2.32. The number of carbonyl (C=O) groups is 1. The Morgan fingerprint density at radius 2 is 1.03 bits per heavy atom. The number of para-hydroxylation sites is 2. The zero-order valence-electron chi connectivity index (χ0n) is 16.7. The summed E-state index contributed by atoms with van der Waals surface area (Å²) in [5.41, 5.74) is 8.76. The predicted molar refractivity (Wildman–Crippen MR) is 122 cm³/mol. The average molecular weight is 390 g/mol. The Labute approximate surface area is 176 Å². The first-order valence-electron chi connectivity index (χ1n) is 10.6. The van der Waals surface area contributed by atoms with Gasteiger partial charge in [-0.2, -0.15) is 0 Å². The molecular formula is C27H22N2O. The maximum atomic E-state index is 13.6. The minimum atomic E-state index is 0.116. The van der Waals surface area contributed by atoms with E-state index >= 15 is 0 Å². The summed E-state index contributed by atoms with van der Waals surface area (Å²) in [4.78, 5) is 18.0. The molecular weight excluding hydrogens is 368 g/mol. The van der Waals surface area contributed by atoms with Crippen LogP contribution in [0.3, 0.4) is 0 Å². The van der Waals surface area contributed by atoms with Crippen molar-refractivity contribution in [2.75, 3.05) is 22.9 Å². The molecule has 0 bridgehead atoms. The summed E-state index contributed by atoms with van der Waals surface area (Å²) in [6.07, 6.45) is 6.16. The zero-order chi connectivity index (χ0) is 20.1. The van der Waals surface area contributed by atoms with Crippen molar-refractivity contribution in [1.29, 1.82) is 0 Å². The van der Waals surface area contributed by atoms with Crippen molar-refractivity contribution in [3.05, 3.63) is 107 Å². The topological polar surface area (TPSA) is 23.6 Å². The highest BCUT2D eigenvalue weighted by atomic mass is 16.1. The summed E-state index contributed by atoms with van der Waals surface area (Å²) < 4.78 is 0. The molecule has 2 aliphatic heterocycles. The van der Waals surface area contributed by atoms with Crippen LogP contribution in [0.5, 0.6) is 0 Å². The third-order valence-corrected chi connectivity index (χ3v) is 6.41. The van der Waals surface area contributed by atoms with E-state index in [9.17, 15) is 4.79 Å². The monoisotopic (exact) mass is 390 g/mol. The van der Waals surface area contributed by atoms with Gasteiger partial charge in [0.25, 0.3) is 0 Å². The van der Waals surface area contributed by atoms with Gasteiger partial charge in [-0.25, -0.2) is 0 Å². The Bertz CT molecular complexity index is 1140.